The number of benzene rings is 1. The Morgan fingerprint density at radius 2 is 2.12 bits per heavy atom. The lowest BCUT2D eigenvalue weighted by Gasteiger charge is -2.12. The van der Waals surface area contributed by atoms with Crippen LogP contribution >= 0.6 is 11.5 Å². The zero-order valence-corrected chi connectivity index (χ0v) is 19.0. The van der Waals surface area contributed by atoms with E-state index in [2.05, 4.69) is 43.0 Å². The molecule has 7 heteroatoms. The predicted octanol–water partition coefficient (Wildman–Crippen LogP) is 4.85. The molecule has 0 amide bonds. The monoisotopic (exact) mass is 445 g/mol. The minimum atomic E-state index is 0.453. The first-order valence-corrected chi connectivity index (χ1v) is 11.6. The molecule has 2 N–H and O–H groups in total. The maximum absolute atomic E-state index is 7.17. The summed E-state index contributed by atoms with van der Waals surface area (Å²) >= 11 is 1.49. The van der Waals surface area contributed by atoms with Crippen molar-refractivity contribution in [3.63, 3.8) is 0 Å². The van der Waals surface area contributed by atoms with Gasteiger partial charge in [-0.2, -0.15) is 4.37 Å². The van der Waals surface area contributed by atoms with Crippen LogP contribution in [0.5, 0.6) is 5.75 Å². The maximum Gasteiger partial charge on any atom is 0.205 e. The highest BCUT2D eigenvalue weighted by atomic mass is 32.1. The first-order chi connectivity index (χ1) is 15.7. The maximum atomic E-state index is 7.17. The highest BCUT2D eigenvalue weighted by Crippen LogP contribution is 2.22. The van der Waals surface area contributed by atoms with Crippen LogP contribution in [0, 0.1) is 19.4 Å². The Morgan fingerprint density at radius 3 is 2.91 bits per heavy atom. The van der Waals surface area contributed by atoms with Crippen LogP contribution in [0.4, 0.5) is 5.69 Å². The topological polar surface area (TPSA) is 63.4 Å². The summed E-state index contributed by atoms with van der Waals surface area (Å²) in [6.07, 6.45) is 8.58. The van der Waals surface area contributed by atoms with Crippen LogP contribution < -0.4 is 15.4 Å². The second-order valence-electron chi connectivity index (χ2n) is 8.04. The number of hydrogen-bond donors (Lipinski definition) is 2. The molecule has 1 aromatic carbocycles. The summed E-state index contributed by atoms with van der Waals surface area (Å²) in [5.74, 6) is 1.52. The summed E-state index contributed by atoms with van der Waals surface area (Å²) in [7, 11) is 0. The molecular weight excluding hydrogens is 418 g/mol. The van der Waals surface area contributed by atoms with Gasteiger partial charge in [-0.25, -0.2) is 4.85 Å². The molecule has 0 radical (unpaired) electrons. The Hall–Kier alpha value is -3.05. The summed E-state index contributed by atoms with van der Waals surface area (Å²) < 4.78 is 10.5. The molecule has 1 unspecified atom stereocenters. The van der Waals surface area contributed by atoms with Crippen molar-refractivity contribution in [2.45, 2.75) is 26.5 Å². The summed E-state index contributed by atoms with van der Waals surface area (Å²) in [6, 6.07) is 10.2. The van der Waals surface area contributed by atoms with E-state index in [1.54, 1.807) is 12.4 Å². The van der Waals surface area contributed by atoms with Crippen molar-refractivity contribution >= 4 is 29.4 Å². The van der Waals surface area contributed by atoms with Crippen LogP contribution in [0.1, 0.15) is 33.7 Å². The van der Waals surface area contributed by atoms with Gasteiger partial charge in [0.15, 0.2) is 0 Å². The molecule has 164 valence electrons. The fourth-order valence-corrected chi connectivity index (χ4v) is 4.27. The van der Waals surface area contributed by atoms with E-state index in [1.165, 1.54) is 28.4 Å². The fourth-order valence-electron chi connectivity index (χ4n) is 3.71. The van der Waals surface area contributed by atoms with E-state index in [9.17, 15) is 0 Å². The van der Waals surface area contributed by atoms with Crippen molar-refractivity contribution in [2.75, 3.05) is 19.6 Å². The van der Waals surface area contributed by atoms with Crippen molar-refractivity contribution in [1.82, 2.24) is 20.0 Å². The molecule has 1 aliphatic rings. The predicted molar refractivity (Wildman–Crippen MR) is 130 cm³/mol. The van der Waals surface area contributed by atoms with Gasteiger partial charge in [-0.1, -0.05) is 18.2 Å². The van der Waals surface area contributed by atoms with E-state index in [4.69, 9.17) is 11.3 Å². The zero-order valence-electron chi connectivity index (χ0n) is 18.2. The van der Waals surface area contributed by atoms with Crippen LogP contribution in [0.25, 0.3) is 17.0 Å². The molecule has 1 aliphatic heterocycles. The average molecular weight is 446 g/mol. The van der Waals surface area contributed by atoms with Gasteiger partial charge in [0, 0.05) is 23.8 Å². The normalized spacial score (nSPS) is 15.8. The Kier molecular flexibility index (Phi) is 7.62. The van der Waals surface area contributed by atoms with E-state index in [1.807, 2.05) is 31.2 Å². The largest absolute Gasteiger partial charge is 0.487 e. The first kappa shape index (κ1) is 22.2. The van der Waals surface area contributed by atoms with Gasteiger partial charge in [-0.15, -0.1) is 0 Å². The van der Waals surface area contributed by atoms with Crippen LogP contribution in [0.2, 0.25) is 0 Å². The van der Waals surface area contributed by atoms with E-state index < -0.39 is 0 Å². The second kappa shape index (κ2) is 11.0. The molecule has 1 atom stereocenters. The number of hydrogen-bond acceptors (Lipinski definition) is 6. The molecule has 0 bridgehead atoms. The Balaban J connectivity index is 1.48. The molecule has 2 aromatic heterocycles. The Labute approximate surface area is 193 Å². The van der Waals surface area contributed by atoms with Gasteiger partial charge in [0.2, 0.25) is 5.69 Å². The van der Waals surface area contributed by atoms with Gasteiger partial charge in [-0.3, -0.25) is 4.98 Å². The van der Waals surface area contributed by atoms with Crippen molar-refractivity contribution < 1.29 is 4.74 Å². The van der Waals surface area contributed by atoms with Crippen LogP contribution in [0.3, 0.4) is 0 Å². The minimum Gasteiger partial charge on any atom is -0.487 e. The van der Waals surface area contributed by atoms with Crippen molar-refractivity contribution in [3.8, 4) is 5.75 Å². The lowest BCUT2D eigenvalue weighted by molar-refractivity contribution is 0.302. The third kappa shape index (κ3) is 6.47. The number of nitrogens with one attached hydrogen (secondary N) is 2. The van der Waals surface area contributed by atoms with E-state index in [0.717, 1.165) is 48.7 Å². The summed E-state index contributed by atoms with van der Waals surface area (Å²) in [6.45, 7) is 13.7. The molecule has 3 aromatic rings. The molecular formula is C25H27N5OS. The third-order valence-corrected chi connectivity index (χ3v) is 6.05. The van der Waals surface area contributed by atoms with Crippen molar-refractivity contribution in [2.24, 2.45) is 5.92 Å². The quantitative estimate of drug-likeness (QED) is 0.461. The van der Waals surface area contributed by atoms with Crippen molar-refractivity contribution in [1.29, 1.82) is 0 Å². The number of rotatable bonds is 9. The van der Waals surface area contributed by atoms with Crippen LogP contribution in [0.15, 0.2) is 42.7 Å². The van der Waals surface area contributed by atoms with Crippen LogP contribution in [-0.4, -0.2) is 29.0 Å². The number of ether oxygens (including phenoxy) is 1. The van der Waals surface area contributed by atoms with E-state index in [0.29, 0.717) is 18.2 Å². The zero-order chi connectivity index (χ0) is 22.2. The van der Waals surface area contributed by atoms with Gasteiger partial charge in [0.1, 0.15) is 12.4 Å². The molecule has 0 saturated carbocycles. The van der Waals surface area contributed by atoms with Crippen LogP contribution in [-0.2, 0) is 13.2 Å². The van der Waals surface area contributed by atoms with Crippen molar-refractivity contribution in [3.05, 3.63) is 81.4 Å². The standard InChI is InChI=1S/C25H27N5OS/c1-18-7-24(30-32-18)17-31-25-10-19(3-4-20-9-23(26-2)16-29-12-20)8-22(11-25)15-28-14-21-5-6-27-13-21/h3-4,7-12,16,21,27-28H,5-6,13-15,17H2,1H3/b4-3+. The van der Waals surface area contributed by atoms with Gasteiger partial charge in [0.05, 0.1) is 12.3 Å². The summed E-state index contributed by atoms with van der Waals surface area (Å²) in [5.41, 5.74) is 4.61. The number of aryl methyl sites for hydroxylation is 1. The highest BCUT2D eigenvalue weighted by molar-refractivity contribution is 7.05. The molecule has 0 aliphatic carbocycles. The molecule has 32 heavy (non-hydrogen) atoms. The number of pyridine rings is 1. The molecule has 1 saturated heterocycles. The molecule has 0 spiro atoms. The van der Waals surface area contributed by atoms with Gasteiger partial charge in [-0.05, 0) is 91.4 Å². The number of nitrogens with zero attached hydrogens (tertiary/aromatic N) is 3. The first-order valence-electron chi connectivity index (χ1n) is 10.8. The SMILES string of the molecule is [C-]#[N+]c1cncc(/C=C/c2cc(CNCC3CCNC3)cc(OCc3cc(C)sn3)c2)c1. The Morgan fingerprint density at radius 1 is 1.22 bits per heavy atom. The fraction of sp³-hybridized carbons (Fsp3) is 0.320. The lowest BCUT2D eigenvalue weighted by atomic mass is 10.1. The summed E-state index contributed by atoms with van der Waals surface area (Å²) in [5, 5.41) is 7.01. The third-order valence-electron chi connectivity index (χ3n) is 5.32. The van der Waals surface area contributed by atoms with E-state index >= 15 is 0 Å². The average Bonchev–Trinajstić information content (AvgIpc) is 3.48. The van der Waals surface area contributed by atoms with Gasteiger partial charge >= 0.3 is 0 Å². The second-order valence-corrected chi connectivity index (χ2v) is 9.05. The lowest BCUT2D eigenvalue weighted by Crippen LogP contribution is -2.24. The smallest absolute Gasteiger partial charge is 0.205 e. The van der Waals surface area contributed by atoms with Gasteiger partial charge in [0.25, 0.3) is 0 Å². The molecule has 1 fully saturated rings. The summed E-state index contributed by atoms with van der Waals surface area (Å²) in [4.78, 5) is 8.77. The molecule has 6 nitrogen and oxygen atoms in total. The minimum absolute atomic E-state index is 0.453. The number of aromatic nitrogens is 2. The van der Waals surface area contributed by atoms with E-state index in [-0.39, 0.29) is 0 Å². The van der Waals surface area contributed by atoms with Gasteiger partial charge < -0.3 is 15.4 Å². The molecule has 4 rings (SSSR count). The highest BCUT2D eigenvalue weighted by Gasteiger charge is 2.13. The Bertz CT molecular complexity index is 1110. The molecule has 3 heterocycles.